The van der Waals surface area contributed by atoms with Gasteiger partial charge in [-0.2, -0.15) is 0 Å². The Morgan fingerprint density at radius 3 is 2.83 bits per heavy atom. The number of hydrogen-bond acceptors (Lipinski definition) is 2. The Kier molecular flexibility index (Phi) is 5.27. The number of likely N-dealkylation sites (tertiary alicyclic amines) is 1. The molecule has 1 saturated carbocycles. The van der Waals surface area contributed by atoms with Gasteiger partial charge >= 0.3 is 6.09 Å². The van der Waals surface area contributed by atoms with Crippen LogP contribution in [-0.2, 0) is 11.3 Å². The van der Waals surface area contributed by atoms with Crippen molar-refractivity contribution in [3.63, 3.8) is 0 Å². The predicted molar refractivity (Wildman–Crippen MR) is 96.6 cm³/mol. The van der Waals surface area contributed by atoms with E-state index < -0.39 is 0 Å². The number of benzene rings is 1. The van der Waals surface area contributed by atoms with E-state index in [0.717, 1.165) is 24.9 Å². The van der Waals surface area contributed by atoms with Crippen LogP contribution in [0.5, 0.6) is 0 Å². The average molecular weight is 327 g/mol. The number of ether oxygens (including phenoxy) is 1. The van der Waals surface area contributed by atoms with Crippen LogP contribution in [0.4, 0.5) is 4.79 Å². The van der Waals surface area contributed by atoms with Crippen LogP contribution in [0.1, 0.15) is 51.5 Å². The van der Waals surface area contributed by atoms with Crippen molar-refractivity contribution in [3.8, 4) is 0 Å². The van der Waals surface area contributed by atoms with E-state index in [-0.39, 0.29) is 11.6 Å². The van der Waals surface area contributed by atoms with Gasteiger partial charge in [-0.25, -0.2) is 4.79 Å². The van der Waals surface area contributed by atoms with E-state index in [4.69, 9.17) is 4.74 Å². The van der Waals surface area contributed by atoms with Gasteiger partial charge in [0.2, 0.25) is 0 Å². The minimum Gasteiger partial charge on any atom is -0.445 e. The molecule has 0 spiro atoms. The summed E-state index contributed by atoms with van der Waals surface area (Å²) in [5.41, 5.74) is 0.999. The molecule has 1 heterocycles. The van der Waals surface area contributed by atoms with Crippen molar-refractivity contribution in [1.29, 1.82) is 0 Å². The topological polar surface area (TPSA) is 29.5 Å². The summed E-state index contributed by atoms with van der Waals surface area (Å²) < 4.78 is 5.68. The second-order valence-corrected chi connectivity index (χ2v) is 7.27. The Balaban J connectivity index is 1.76. The molecule has 3 heteroatoms. The number of allylic oxidation sites excluding steroid dienone is 1. The minimum atomic E-state index is -0.139. The molecule has 3 nitrogen and oxygen atoms in total. The third-order valence-corrected chi connectivity index (χ3v) is 6.06. The lowest BCUT2D eigenvalue weighted by Gasteiger charge is -2.49. The maximum atomic E-state index is 12.9. The number of amides is 1. The van der Waals surface area contributed by atoms with Gasteiger partial charge in [-0.15, -0.1) is 0 Å². The first kappa shape index (κ1) is 17.1. The molecule has 1 amide bonds. The smallest absolute Gasteiger partial charge is 0.410 e. The van der Waals surface area contributed by atoms with Crippen LogP contribution in [0.15, 0.2) is 42.5 Å². The van der Waals surface area contributed by atoms with Crippen molar-refractivity contribution < 1.29 is 9.53 Å². The quantitative estimate of drug-likeness (QED) is 0.714. The Labute approximate surface area is 145 Å². The van der Waals surface area contributed by atoms with E-state index in [1.165, 1.54) is 19.3 Å². The largest absolute Gasteiger partial charge is 0.445 e. The molecule has 24 heavy (non-hydrogen) atoms. The summed E-state index contributed by atoms with van der Waals surface area (Å²) in [7, 11) is 0. The van der Waals surface area contributed by atoms with Crippen LogP contribution in [0, 0.1) is 11.8 Å². The zero-order valence-corrected chi connectivity index (χ0v) is 14.9. The molecular weight excluding hydrogens is 298 g/mol. The molecule has 2 aliphatic rings. The highest BCUT2D eigenvalue weighted by atomic mass is 16.6. The molecular formula is C21H29NO2. The van der Waals surface area contributed by atoms with E-state index in [9.17, 15) is 4.79 Å². The average Bonchev–Trinajstić information content (AvgIpc) is 3.00. The molecule has 0 radical (unpaired) electrons. The second-order valence-electron chi connectivity index (χ2n) is 7.27. The molecule has 3 rings (SSSR count). The predicted octanol–water partition coefficient (Wildman–Crippen LogP) is 5.17. The van der Waals surface area contributed by atoms with Gasteiger partial charge in [-0.1, -0.05) is 55.8 Å². The van der Waals surface area contributed by atoms with Gasteiger partial charge in [0.25, 0.3) is 0 Å². The summed E-state index contributed by atoms with van der Waals surface area (Å²) in [5, 5.41) is 0. The molecule has 1 aliphatic heterocycles. The number of nitrogens with zero attached hydrogens (tertiary/aromatic N) is 1. The van der Waals surface area contributed by atoms with E-state index in [1.54, 1.807) is 0 Å². The number of hydrogen-bond donors (Lipinski definition) is 0. The summed E-state index contributed by atoms with van der Waals surface area (Å²) in [6, 6.07) is 9.93. The maximum absolute atomic E-state index is 12.9. The minimum absolute atomic E-state index is 0.0431. The standard InChI is InChI=1S/C21H29NO2/c1-3-4-14-21-17(2)9-8-12-19(21)13-15-22(21)20(23)24-16-18-10-6-5-7-11-18/h3-7,10-11,17,19H,8-9,12-16H2,1-2H3/b4-3+/t17-,19+,21+/m1/s1. The zero-order valence-electron chi connectivity index (χ0n) is 14.9. The molecule has 0 bridgehead atoms. The third-order valence-electron chi connectivity index (χ3n) is 6.06. The fourth-order valence-electron chi connectivity index (χ4n) is 4.79. The lowest BCUT2D eigenvalue weighted by atomic mass is 9.65. The van der Waals surface area contributed by atoms with E-state index in [0.29, 0.717) is 18.4 Å². The third kappa shape index (κ3) is 3.09. The van der Waals surface area contributed by atoms with Crippen LogP contribution in [-0.4, -0.2) is 23.1 Å². The normalized spacial score (nSPS) is 29.7. The van der Waals surface area contributed by atoms with Crippen LogP contribution < -0.4 is 0 Å². The fraction of sp³-hybridized carbons (Fsp3) is 0.571. The van der Waals surface area contributed by atoms with Crippen molar-refractivity contribution in [2.75, 3.05) is 6.54 Å². The Morgan fingerprint density at radius 2 is 2.08 bits per heavy atom. The van der Waals surface area contributed by atoms with Gasteiger partial charge in [0.1, 0.15) is 6.61 Å². The van der Waals surface area contributed by atoms with Crippen LogP contribution in [0.2, 0.25) is 0 Å². The number of fused-ring (bicyclic) bond motifs is 1. The molecule has 0 unspecified atom stereocenters. The highest BCUT2D eigenvalue weighted by Crippen LogP contribution is 2.51. The van der Waals surface area contributed by atoms with E-state index >= 15 is 0 Å². The lowest BCUT2D eigenvalue weighted by Crippen LogP contribution is -2.56. The van der Waals surface area contributed by atoms with Crippen molar-refractivity contribution in [2.45, 2.75) is 58.1 Å². The molecule has 1 saturated heterocycles. The van der Waals surface area contributed by atoms with E-state index in [2.05, 4.69) is 30.9 Å². The Hall–Kier alpha value is -1.77. The van der Waals surface area contributed by atoms with Crippen LogP contribution >= 0.6 is 0 Å². The Bertz CT molecular complexity index is 583. The summed E-state index contributed by atoms with van der Waals surface area (Å²) in [6.45, 7) is 5.57. The first-order valence-corrected chi connectivity index (χ1v) is 9.28. The zero-order chi connectivity index (χ0) is 17.0. The number of carbonyl (C=O) groups excluding carboxylic acids is 1. The molecule has 3 atom stereocenters. The molecule has 1 aromatic rings. The van der Waals surface area contributed by atoms with Gasteiger partial charge < -0.3 is 9.64 Å². The SMILES string of the molecule is C/C=C/C[C@@]12[C@@H](CCC[C@H]1C)CCN2C(=O)OCc1ccccc1. The van der Waals surface area contributed by atoms with Crippen molar-refractivity contribution in [3.05, 3.63) is 48.0 Å². The van der Waals surface area contributed by atoms with Gasteiger partial charge in [-0.05, 0) is 50.0 Å². The van der Waals surface area contributed by atoms with Crippen molar-refractivity contribution in [2.24, 2.45) is 11.8 Å². The summed E-state index contributed by atoms with van der Waals surface area (Å²) in [4.78, 5) is 14.9. The van der Waals surface area contributed by atoms with Gasteiger partial charge in [0.15, 0.2) is 0 Å². The highest BCUT2D eigenvalue weighted by molar-refractivity contribution is 5.69. The highest BCUT2D eigenvalue weighted by Gasteiger charge is 2.54. The summed E-state index contributed by atoms with van der Waals surface area (Å²) in [6.07, 6.45) is 10.0. The second kappa shape index (κ2) is 7.42. The number of rotatable bonds is 4. The molecule has 2 fully saturated rings. The molecule has 130 valence electrons. The molecule has 1 aliphatic carbocycles. The Morgan fingerprint density at radius 1 is 1.29 bits per heavy atom. The molecule has 0 aromatic heterocycles. The summed E-state index contributed by atoms with van der Waals surface area (Å²) >= 11 is 0. The molecule has 0 N–H and O–H groups in total. The van der Waals surface area contributed by atoms with Gasteiger partial charge in [0, 0.05) is 6.54 Å². The maximum Gasteiger partial charge on any atom is 0.410 e. The van der Waals surface area contributed by atoms with Crippen molar-refractivity contribution in [1.82, 2.24) is 4.90 Å². The van der Waals surface area contributed by atoms with Crippen molar-refractivity contribution >= 4 is 6.09 Å². The van der Waals surface area contributed by atoms with Gasteiger partial charge in [-0.3, -0.25) is 0 Å². The number of carbonyl (C=O) groups is 1. The monoisotopic (exact) mass is 327 g/mol. The molecule has 1 aromatic carbocycles. The lowest BCUT2D eigenvalue weighted by molar-refractivity contribution is 0.00653. The van der Waals surface area contributed by atoms with E-state index in [1.807, 2.05) is 30.3 Å². The van der Waals surface area contributed by atoms with Gasteiger partial charge in [0.05, 0.1) is 5.54 Å². The summed E-state index contributed by atoms with van der Waals surface area (Å²) in [5.74, 6) is 1.14. The van der Waals surface area contributed by atoms with Crippen LogP contribution in [0.3, 0.4) is 0 Å². The van der Waals surface area contributed by atoms with Crippen LogP contribution in [0.25, 0.3) is 0 Å². The fourth-order valence-corrected chi connectivity index (χ4v) is 4.79. The first-order chi connectivity index (χ1) is 11.7. The first-order valence-electron chi connectivity index (χ1n) is 9.28.